The fourth-order valence-corrected chi connectivity index (χ4v) is 4.86. The Morgan fingerprint density at radius 3 is 2.50 bits per heavy atom. The lowest BCUT2D eigenvalue weighted by atomic mass is 10.0. The smallest absolute Gasteiger partial charge is 0.410 e. The molecule has 1 aliphatic heterocycles. The van der Waals surface area contributed by atoms with Gasteiger partial charge in [-0.15, -0.1) is 0 Å². The summed E-state index contributed by atoms with van der Waals surface area (Å²) in [5.41, 5.74) is 4.45. The van der Waals surface area contributed by atoms with Crippen molar-refractivity contribution < 1.29 is 14.3 Å². The van der Waals surface area contributed by atoms with Crippen molar-refractivity contribution in [3.8, 4) is 11.3 Å². The average molecular weight is 600 g/mol. The van der Waals surface area contributed by atoms with Gasteiger partial charge in [-0.3, -0.25) is 14.2 Å². The second-order valence-electron chi connectivity index (χ2n) is 13.1. The molecule has 0 radical (unpaired) electrons. The number of rotatable bonds is 6. The van der Waals surface area contributed by atoms with Crippen molar-refractivity contribution in [3.05, 3.63) is 71.4 Å². The first-order chi connectivity index (χ1) is 20.7. The Hall–Kier alpha value is -4.74. The standard InChI is InChI=1S/C32H41N9O3/c1-21-13-22(9-10-23(21)16-33-29(42)24-17-36-41(18-24)31(2,3)4)26-15-27(35-20-34-26)37-28-14-25-19-39(11-8-12-40(25)38-28)30(43)44-32(5,6)7/h9-10,13-15,17-18,20H,8,11-12,16,19H2,1-7H3,(H,33,42)(H,34,35,37,38). The van der Waals surface area contributed by atoms with Crippen LogP contribution in [0.4, 0.5) is 16.4 Å². The van der Waals surface area contributed by atoms with Gasteiger partial charge in [-0.05, 0) is 72.1 Å². The molecule has 0 bridgehead atoms. The zero-order chi connectivity index (χ0) is 31.6. The van der Waals surface area contributed by atoms with Gasteiger partial charge in [-0.1, -0.05) is 12.1 Å². The molecule has 0 unspecified atom stereocenters. The molecule has 0 fully saturated rings. The second-order valence-corrected chi connectivity index (χ2v) is 13.1. The molecule has 0 saturated heterocycles. The van der Waals surface area contributed by atoms with E-state index in [1.165, 1.54) is 6.33 Å². The minimum Gasteiger partial charge on any atom is -0.444 e. The molecule has 0 spiro atoms. The third-order valence-corrected chi connectivity index (χ3v) is 7.20. The molecule has 1 aromatic carbocycles. The van der Waals surface area contributed by atoms with Gasteiger partial charge in [0.25, 0.3) is 5.91 Å². The largest absolute Gasteiger partial charge is 0.444 e. The van der Waals surface area contributed by atoms with Crippen LogP contribution in [0.2, 0.25) is 0 Å². The molecule has 0 atom stereocenters. The van der Waals surface area contributed by atoms with Crippen molar-refractivity contribution in [2.45, 2.75) is 85.7 Å². The van der Waals surface area contributed by atoms with Gasteiger partial charge in [-0.25, -0.2) is 14.8 Å². The lowest BCUT2D eigenvalue weighted by molar-refractivity contribution is 0.0236. The number of hydrogen-bond acceptors (Lipinski definition) is 8. The Kier molecular flexibility index (Phi) is 8.44. The van der Waals surface area contributed by atoms with Crippen LogP contribution < -0.4 is 10.6 Å². The Bertz CT molecular complexity index is 1660. The van der Waals surface area contributed by atoms with E-state index in [2.05, 4.69) is 31.8 Å². The van der Waals surface area contributed by atoms with E-state index >= 15 is 0 Å². The molecule has 232 valence electrons. The highest BCUT2D eigenvalue weighted by molar-refractivity contribution is 5.93. The Labute approximate surface area is 257 Å². The van der Waals surface area contributed by atoms with Crippen molar-refractivity contribution >= 4 is 23.6 Å². The Morgan fingerprint density at radius 1 is 1.00 bits per heavy atom. The fraction of sp³-hybridized carbons (Fsp3) is 0.438. The first kappa shape index (κ1) is 30.7. The van der Waals surface area contributed by atoms with Crippen molar-refractivity contribution in [2.24, 2.45) is 0 Å². The summed E-state index contributed by atoms with van der Waals surface area (Å²) in [5.74, 6) is 1.09. The van der Waals surface area contributed by atoms with E-state index in [0.717, 1.165) is 34.5 Å². The van der Waals surface area contributed by atoms with Crippen LogP contribution in [0.3, 0.4) is 0 Å². The lowest BCUT2D eigenvalue weighted by Crippen LogP contribution is -2.36. The zero-order valence-corrected chi connectivity index (χ0v) is 26.5. The molecule has 4 aromatic rings. The minimum absolute atomic E-state index is 0.162. The second kappa shape index (κ2) is 12.1. The summed E-state index contributed by atoms with van der Waals surface area (Å²) >= 11 is 0. The number of anilines is 2. The molecule has 5 rings (SSSR count). The highest BCUT2D eigenvalue weighted by atomic mass is 16.6. The number of benzene rings is 1. The number of aryl methyl sites for hydroxylation is 2. The zero-order valence-electron chi connectivity index (χ0n) is 26.5. The van der Waals surface area contributed by atoms with Crippen molar-refractivity contribution in [2.75, 3.05) is 11.9 Å². The summed E-state index contributed by atoms with van der Waals surface area (Å²) in [5, 5.41) is 15.3. The molecule has 2 N–H and O–H groups in total. The van der Waals surface area contributed by atoms with Crippen molar-refractivity contribution in [1.82, 2.24) is 39.7 Å². The third kappa shape index (κ3) is 7.42. The fourth-order valence-electron chi connectivity index (χ4n) is 4.86. The van der Waals surface area contributed by atoms with Gasteiger partial charge in [0.2, 0.25) is 0 Å². The summed E-state index contributed by atoms with van der Waals surface area (Å²) < 4.78 is 9.29. The van der Waals surface area contributed by atoms with E-state index in [-0.39, 0.29) is 17.5 Å². The Morgan fingerprint density at radius 2 is 1.80 bits per heavy atom. The van der Waals surface area contributed by atoms with E-state index in [1.807, 2.05) is 77.4 Å². The number of amides is 2. The van der Waals surface area contributed by atoms with Crippen LogP contribution in [-0.2, 0) is 29.9 Å². The van der Waals surface area contributed by atoms with Gasteiger partial charge >= 0.3 is 6.09 Å². The van der Waals surface area contributed by atoms with Crippen LogP contribution in [0.15, 0.2) is 49.1 Å². The van der Waals surface area contributed by atoms with Crippen LogP contribution in [0.1, 0.15) is 75.1 Å². The molecule has 3 aromatic heterocycles. The number of carbonyl (C=O) groups is 2. The topological polar surface area (TPSA) is 132 Å². The lowest BCUT2D eigenvalue weighted by Gasteiger charge is -2.26. The maximum absolute atomic E-state index is 12.7. The molecule has 12 heteroatoms. The molecule has 0 aliphatic carbocycles. The van der Waals surface area contributed by atoms with Crippen LogP contribution in [0, 0.1) is 6.92 Å². The maximum atomic E-state index is 12.7. The van der Waals surface area contributed by atoms with E-state index in [9.17, 15) is 9.59 Å². The van der Waals surface area contributed by atoms with E-state index in [4.69, 9.17) is 9.84 Å². The van der Waals surface area contributed by atoms with E-state index < -0.39 is 5.60 Å². The SMILES string of the molecule is Cc1cc(-c2cc(Nc3cc4n(n3)CCCN(C(=O)OC(C)(C)C)C4)ncn2)ccc1CNC(=O)c1cnn(C(C)(C)C)c1. The van der Waals surface area contributed by atoms with Crippen molar-refractivity contribution in [3.63, 3.8) is 0 Å². The Balaban J connectivity index is 1.23. The highest BCUT2D eigenvalue weighted by Crippen LogP contribution is 2.25. The normalized spacial score (nSPS) is 13.7. The average Bonchev–Trinajstić information content (AvgIpc) is 3.54. The molecule has 2 amide bonds. The number of aromatic nitrogens is 6. The number of ether oxygens (including phenoxy) is 1. The van der Waals surface area contributed by atoms with Gasteiger partial charge in [0.05, 0.1) is 35.2 Å². The molecular formula is C32H41N9O3. The molecule has 44 heavy (non-hydrogen) atoms. The van der Waals surface area contributed by atoms with Gasteiger partial charge in [-0.2, -0.15) is 10.2 Å². The molecule has 1 aliphatic rings. The van der Waals surface area contributed by atoms with Crippen molar-refractivity contribution in [1.29, 1.82) is 0 Å². The molecule has 4 heterocycles. The van der Waals surface area contributed by atoms with Crippen LogP contribution in [-0.4, -0.2) is 58.6 Å². The first-order valence-corrected chi connectivity index (χ1v) is 14.8. The number of nitrogens with one attached hydrogen (secondary N) is 2. The minimum atomic E-state index is -0.548. The molecular weight excluding hydrogens is 558 g/mol. The van der Waals surface area contributed by atoms with Gasteiger partial charge in [0.15, 0.2) is 5.82 Å². The maximum Gasteiger partial charge on any atom is 0.410 e. The number of fused-ring (bicyclic) bond motifs is 1. The van der Waals surface area contributed by atoms with Gasteiger partial charge < -0.3 is 20.3 Å². The van der Waals surface area contributed by atoms with E-state index in [1.54, 1.807) is 22.0 Å². The summed E-state index contributed by atoms with van der Waals surface area (Å²) in [6, 6.07) is 9.85. The number of hydrogen-bond donors (Lipinski definition) is 2. The number of carbonyl (C=O) groups excluding carboxylic acids is 2. The molecule has 12 nitrogen and oxygen atoms in total. The van der Waals surface area contributed by atoms with E-state index in [0.29, 0.717) is 43.4 Å². The van der Waals surface area contributed by atoms with Crippen LogP contribution in [0.25, 0.3) is 11.3 Å². The van der Waals surface area contributed by atoms with Crippen LogP contribution in [0.5, 0.6) is 0 Å². The number of nitrogens with zero attached hydrogens (tertiary/aromatic N) is 7. The van der Waals surface area contributed by atoms with Gasteiger partial charge in [0, 0.05) is 43.5 Å². The third-order valence-electron chi connectivity index (χ3n) is 7.20. The summed E-state index contributed by atoms with van der Waals surface area (Å²) in [6.07, 6.45) is 5.34. The predicted molar refractivity (Wildman–Crippen MR) is 167 cm³/mol. The quantitative estimate of drug-likeness (QED) is 0.301. The first-order valence-electron chi connectivity index (χ1n) is 14.8. The summed E-state index contributed by atoms with van der Waals surface area (Å²) in [4.78, 5) is 36.0. The monoisotopic (exact) mass is 599 g/mol. The predicted octanol–water partition coefficient (Wildman–Crippen LogP) is 5.41. The summed E-state index contributed by atoms with van der Waals surface area (Å²) in [6.45, 7) is 15.9. The van der Waals surface area contributed by atoms with Gasteiger partial charge in [0.1, 0.15) is 17.7 Å². The summed E-state index contributed by atoms with van der Waals surface area (Å²) in [7, 11) is 0. The van der Waals surface area contributed by atoms with Crippen LogP contribution >= 0.6 is 0 Å². The highest BCUT2D eigenvalue weighted by Gasteiger charge is 2.25. The molecule has 0 saturated carbocycles.